The van der Waals surface area contributed by atoms with Crippen LogP contribution in [0.3, 0.4) is 0 Å². The average Bonchev–Trinajstić information content (AvgIpc) is 2.86. The summed E-state index contributed by atoms with van der Waals surface area (Å²) in [4.78, 5) is 36.9. The van der Waals surface area contributed by atoms with E-state index in [0.29, 0.717) is 7.16 Å². The molecule has 1 spiro atoms. The molecule has 3 rings (SSSR count). The van der Waals surface area contributed by atoms with Gasteiger partial charge in [0, 0.05) is 13.0 Å². The van der Waals surface area contributed by atoms with Gasteiger partial charge in [0.1, 0.15) is 12.1 Å². The fourth-order valence-corrected chi connectivity index (χ4v) is 5.05. The second-order valence-electron chi connectivity index (χ2n) is 5.79. The summed E-state index contributed by atoms with van der Waals surface area (Å²) < 4.78 is 6.36. The van der Waals surface area contributed by atoms with E-state index in [1.165, 1.54) is 0 Å². The molecule has 1 aromatic carbocycles. The molecule has 1 fully saturated rings. The van der Waals surface area contributed by atoms with Gasteiger partial charge in [-0.15, -0.1) is 0 Å². The number of Topliss-reactive ketones (excluding diaryl/α,β-unsaturated/α-hetero) is 1. The van der Waals surface area contributed by atoms with Gasteiger partial charge in [-0.25, -0.2) is 4.79 Å². The third kappa shape index (κ3) is 3.73. The number of halogens is 2. The maximum Gasteiger partial charge on any atom is 0.330 e. The highest BCUT2D eigenvalue weighted by Gasteiger charge is 2.49. The van der Waals surface area contributed by atoms with E-state index >= 15 is 0 Å². The fraction of sp³-hybridized carbons (Fsp3) is 0.235. The number of hydrogen-bond donors (Lipinski definition) is 0. The Hall–Kier alpha value is -1.43. The van der Waals surface area contributed by atoms with E-state index in [2.05, 4.69) is 0 Å². The van der Waals surface area contributed by atoms with E-state index in [1.54, 1.807) is 36.4 Å². The number of hydrogen-bond acceptors (Lipinski definition) is 5. The number of carbonyl (C=O) groups is 3. The molecule has 8 heteroatoms. The van der Waals surface area contributed by atoms with Gasteiger partial charge in [-0.3, -0.25) is 4.79 Å². The molecule has 0 unspecified atom stereocenters. The summed E-state index contributed by atoms with van der Waals surface area (Å²) in [6, 6.07) is 7.97. The SMILES string of the molecule is O=C1C(I)=CC2(C=C1I)C[C@H](N(Cc1ccccc1)C(=O)[O-])C(=O)O2. The average molecular weight is 564 g/mol. The highest BCUT2D eigenvalue weighted by Crippen LogP contribution is 2.40. The number of esters is 1. The minimum atomic E-state index is -1.44. The molecular weight excluding hydrogens is 552 g/mol. The van der Waals surface area contributed by atoms with Gasteiger partial charge < -0.3 is 19.5 Å². The van der Waals surface area contributed by atoms with Crippen molar-refractivity contribution in [2.45, 2.75) is 24.6 Å². The predicted octanol–water partition coefficient (Wildman–Crippen LogP) is 2.11. The first-order chi connectivity index (χ1) is 11.8. The summed E-state index contributed by atoms with van der Waals surface area (Å²) in [7, 11) is 0. The van der Waals surface area contributed by atoms with Crippen molar-refractivity contribution in [1.82, 2.24) is 4.90 Å². The van der Waals surface area contributed by atoms with Crippen LogP contribution in [0.25, 0.3) is 0 Å². The fourth-order valence-electron chi connectivity index (χ4n) is 2.89. The minimum absolute atomic E-state index is 0.0273. The maximum atomic E-state index is 12.4. The number of nitrogens with zero attached hydrogens (tertiary/aromatic N) is 1. The first kappa shape index (κ1) is 18.4. The van der Waals surface area contributed by atoms with Crippen molar-refractivity contribution in [1.29, 1.82) is 0 Å². The van der Waals surface area contributed by atoms with Gasteiger partial charge >= 0.3 is 5.97 Å². The smallest absolute Gasteiger partial charge is 0.330 e. The number of amides is 1. The molecule has 0 saturated carbocycles. The molecule has 1 saturated heterocycles. The number of ketones is 1. The minimum Gasteiger partial charge on any atom is -0.530 e. The monoisotopic (exact) mass is 564 g/mol. The van der Waals surface area contributed by atoms with E-state index in [1.807, 2.05) is 51.2 Å². The number of ether oxygens (including phenoxy) is 1. The molecule has 6 nitrogen and oxygen atoms in total. The number of rotatable bonds is 3. The van der Waals surface area contributed by atoms with E-state index in [0.717, 1.165) is 10.5 Å². The zero-order valence-electron chi connectivity index (χ0n) is 12.8. The van der Waals surface area contributed by atoms with Crippen LogP contribution in [-0.2, 0) is 20.9 Å². The second-order valence-corrected chi connectivity index (χ2v) is 8.11. The molecule has 0 aromatic heterocycles. The Morgan fingerprint density at radius 2 is 1.80 bits per heavy atom. The normalized spacial score (nSPS) is 21.6. The van der Waals surface area contributed by atoms with Crippen LogP contribution < -0.4 is 5.11 Å². The van der Waals surface area contributed by atoms with Crippen molar-refractivity contribution in [3.05, 3.63) is 55.2 Å². The quantitative estimate of drug-likeness (QED) is 0.415. The topological polar surface area (TPSA) is 86.7 Å². The molecule has 0 radical (unpaired) electrons. The van der Waals surface area contributed by atoms with Crippen molar-refractivity contribution in [3.8, 4) is 0 Å². The van der Waals surface area contributed by atoms with Gasteiger partial charge in [0.25, 0.3) is 0 Å². The van der Waals surface area contributed by atoms with Crippen LogP contribution in [0.5, 0.6) is 0 Å². The lowest BCUT2D eigenvalue weighted by atomic mass is 9.92. The Balaban J connectivity index is 1.88. The predicted molar refractivity (Wildman–Crippen MR) is 104 cm³/mol. The van der Waals surface area contributed by atoms with Gasteiger partial charge in [-0.05, 0) is 62.9 Å². The van der Waals surface area contributed by atoms with Gasteiger partial charge in [0.15, 0.2) is 5.60 Å². The van der Waals surface area contributed by atoms with Crippen molar-refractivity contribution in [2.24, 2.45) is 0 Å². The molecule has 1 aliphatic heterocycles. The van der Waals surface area contributed by atoms with Crippen LogP contribution in [-0.4, -0.2) is 34.4 Å². The van der Waals surface area contributed by atoms with Crippen molar-refractivity contribution < 1.29 is 24.2 Å². The molecule has 1 atom stereocenters. The van der Waals surface area contributed by atoms with Crippen LogP contribution in [0, 0.1) is 0 Å². The first-order valence-corrected chi connectivity index (χ1v) is 9.53. The van der Waals surface area contributed by atoms with E-state index < -0.39 is 23.7 Å². The molecule has 1 aliphatic carbocycles. The van der Waals surface area contributed by atoms with E-state index in [-0.39, 0.29) is 18.7 Å². The Morgan fingerprint density at radius 1 is 1.20 bits per heavy atom. The highest BCUT2D eigenvalue weighted by molar-refractivity contribution is 14.1. The van der Waals surface area contributed by atoms with Crippen LogP contribution in [0.4, 0.5) is 4.79 Å². The number of allylic oxidation sites excluding steroid dienone is 2. The molecule has 1 amide bonds. The van der Waals surface area contributed by atoms with Crippen molar-refractivity contribution >= 4 is 63.0 Å². The van der Waals surface area contributed by atoms with Gasteiger partial charge in [0.05, 0.1) is 7.16 Å². The molecule has 0 N–H and O–H groups in total. The Kier molecular flexibility index (Phi) is 5.19. The zero-order chi connectivity index (χ0) is 18.2. The van der Waals surface area contributed by atoms with Gasteiger partial charge in [0.2, 0.25) is 5.78 Å². The molecule has 0 bridgehead atoms. The lowest BCUT2D eigenvalue weighted by Crippen LogP contribution is -2.49. The van der Waals surface area contributed by atoms with E-state index in [9.17, 15) is 19.5 Å². The number of carbonyl (C=O) groups excluding carboxylic acids is 3. The summed E-state index contributed by atoms with van der Waals surface area (Å²) in [5.41, 5.74) is -0.345. The molecular formula is C17H12I2NO5-. The van der Waals surface area contributed by atoms with E-state index in [4.69, 9.17) is 4.74 Å². The standard InChI is InChI=1S/C17H13I2NO5/c18-11-6-17(7-12(19)14(11)21)8-13(15(22)25-17)20(16(23)24)9-10-4-2-1-3-5-10/h1-7,13H,8-9H2,(H,23,24)/p-1/t13-/m0/s1. The number of benzene rings is 1. The lowest BCUT2D eigenvalue weighted by Gasteiger charge is -2.29. The first-order valence-electron chi connectivity index (χ1n) is 7.37. The summed E-state index contributed by atoms with van der Waals surface area (Å²) in [5, 5.41) is 11.6. The molecule has 130 valence electrons. The third-order valence-corrected chi connectivity index (χ3v) is 5.66. The Bertz CT molecular complexity index is 781. The second kappa shape index (κ2) is 7.06. The van der Waals surface area contributed by atoms with Crippen molar-refractivity contribution in [2.75, 3.05) is 0 Å². The van der Waals surface area contributed by atoms with Crippen LogP contribution in [0.1, 0.15) is 12.0 Å². The summed E-state index contributed by atoms with van der Waals surface area (Å²) in [5.74, 6) is -0.775. The maximum absolute atomic E-state index is 12.4. The van der Waals surface area contributed by atoms with Crippen LogP contribution >= 0.6 is 45.2 Å². The summed E-state index contributed by atoms with van der Waals surface area (Å²) >= 11 is 3.79. The molecule has 1 aromatic rings. The molecule has 1 heterocycles. The Labute approximate surface area is 171 Å². The van der Waals surface area contributed by atoms with Crippen molar-refractivity contribution in [3.63, 3.8) is 0 Å². The zero-order valence-corrected chi connectivity index (χ0v) is 17.1. The summed E-state index contributed by atoms with van der Waals surface area (Å²) in [6.45, 7) is 0.0273. The lowest BCUT2D eigenvalue weighted by molar-refractivity contribution is -0.268. The van der Waals surface area contributed by atoms with Crippen LogP contribution in [0.15, 0.2) is 49.6 Å². The van der Waals surface area contributed by atoms with Gasteiger partial charge in [-0.2, -0.15) is 0 Å². The largest absolute Gasteiger partial charge is 0.530 e. The summed E-state index contributed by atoms with van der Waals surface area (Å²) in [6.07, 6.45) is 1.82. The van der Waals surface area contributed by atoms with Gasteiger partial charge in [-0.1, -0.05) is 30.3 Å². The highest BCUT2D eigenvalue weighted by atomic mass is 127. The van der Waals surface area contributed by atoms with Crippen LogP contribution in [0.2, 0.25) is 0 Å². The molecule has 2 aliphatic rings. The number of carboxylic acid groups (broad SMARTS) is 1. The Morgan fingerprint density at radius 3 is 2.36 bits per heavy atom. The molecule has 25 heavy (non-hydrogen) atoms. The third-order valence-electron chi connectivity index (χ3n) is 4.06.